The van der Waals surface area contributed by atoms with Gasteiger partial charge in [-0.1, -0.05) is 0 Å². The number of likely N-dealkylation sites (tertiary alicyclic amines) is 2. The fourth-order valence-corrected chi connectivity index (χ4v) is 2.98. The Labute approximate surface area is 113 Å². The summed E-state index contributed by atoms with van der Waals surface area (Å²) >= 11 is 0. The van der Waals surface area contributed by atoms with Gasteiger partial charge in [0.05, 0.1) is 0 Å². The van der Waals surface area contributed by atoms with Crippen LogP contribution in [0.25, 0.3) is 0 Å². The summed E-state index contributed by atoms with van der Waals surface area (Å²) in [7, 11) is 2.05. The quantitative estimate of drug-likeness (QED) is 0.786. The number of carbonyl (C=O) groups is 2. The maximum Gasteiger partial charge on any atom is 0.317 e. The Morgan fingerprint density at radius 1 is 1.26 bits per heavy atom. The van der Waals surface area contributed by atoms with E-state index in [4.69, 9.17) is 5.11 Å². The third-order valence-electron chi connectivity index (χ3n) is 3.99. The highest BCUT2D eigenvalue weighted by molar-refractivity contribution is 5.75. The fourth-order valence-electron chi connectivity index (χ4n) is 2.98. The minimum Gasteiger partial charge on any atom is -0.481 e. The zero-order valence-corrected chi connectivity index (χ0v) is 11.5. The van der Waals surface area contributed by atoms with Gasteiger partial charge in [-0.3, -0.25) is 4.79 Å². The molecule has 0 bridgehead atoms. The minimum absolute atomic E-state index is 0.0320. The van der Waals surface area contributed by atoms with Crippen LogP contribution >= 0.6 is 0 Å². The zero-order valence-electron chi connectivity index (χ0n) is 11.5. The van der Waals surface area contributed by atoms with E-state index < -0.39 is 5.97 Å². The lowest BCUT2D eigenvalue weighted by Crippen LogP contribution is -2.49. The van der Waals surface area contributed by atoms with Crippen LogP contribution in [0.4, 0.5) is 4.79 Å². The van der Waals surface area contributed by atoms with Crippen molar-refractivity contribution in [1.29, 1.82) is 0 Å². The van der Waals surface area contributed by atoms with E-state index in [1.54, 1.807) is 4.90 Å². The lowest BCUT2D eigenvalue weighted by Gasteiger charge is -2.33. The number of aliphatic carboxylic acids is 1. The van der Waals surface area contributed by atoms with Crippen molar-refractivity contribution < 1.29 is 14.7 Å². The lowest BCUT2D eigenvalue weighted by molar-refractivity contribution is -0.138. The molecule has 0 aliphatic carbocycles. The van der Waals surface area contributed by atoms with Crippen LogP contribution in [0.1, 0.15) is 25.7 Å². The van der Waals surface area contributed by atoms with Crippen LogP contribution in [-0.4, -0.2) is 66.2 Å². The Morgan fingerprint density at radius 3 is 2.68 bits per heavy atom. The maximum atomic E-state index is 12.1. The van der Waals surface area contributed by atoms with Crippen molar-refractivity contribution in [3.63, 3.8) is 0 Å². The first-order valence-corrected chi connectivity index (χ1v) is 7.00. The molecule has 6 heteroatoms. The van der Waals surface area contributed by atoms with Gasteiger partial charge in [0.25, 0.3) is 0 Å². The molecule has 2 aliphatic rings. The second-order valence-corrected chi connectivity index (χ2v) is 5.75. The number of urea groups is 1. The Hall–Kier alpha value is -1.30. The normalized spacial score (nSPS) is 28.4. The smallest absolute Gasteiger partial charge is 0.317 e. The molecule has 2 saturated heterocycles. The van der Waals surface area contributed by atoms with Gasteiger partial charge in [-0.15, -0.1) is 0 Å². The number of rotatable bonds is 3. The molecule has 2 unspecified atom stereocenters. The molecule has 6 nitrogen and oxygen atoms in total. The van der Waals surface area contributed by atoms with Crippen molar-refractivity contribution in [2.45, 2.75) is 31.7 Å². The minimum atomic E-state index is -0.773. The van der Waals surface area contributed by atoms with Crippen LogP contribution in [0.15, 0.2) is 0 Å². The van der Waals surface area contributed by atoms with Gasteiger partial charge < -0.3 is 20.2 Å². The summed E-state index contributed by atoms with van der Waals surface area (Å²) < 4.78 is 0. The molecule has 2 heterocycles. The largest absolute Gasteiger partial charge is 0.481 e. The molecule has 2 atom stereocenters. The molecule has 2 fully saturated rings. The van der Waals surface area contributed by atoms with Crippen molar-refractivity contribution in [2.75, 3.05) is 33.2 Å². The topological polar surface area (TPSA) is 72.9 Å². The number of hydrogen-bond acceptors (Lipinski definition) is 3. The van der Waals surface area contributed by atoms with Crippen molar-refractivity contribution in [3.05, 3.63) is 0 Å². The average molecular weight is 269 g/mol. The number of amides is 2. The molecular formula is C13H23N3O3. The number of hydrogen-bond donors (Lipinski definition) is 2. The van der Waals surface area contributed by atoms with E-state index in [1.165, 1.54) is 0 Å². The summed E-state index contributed by atoms with van der Waals surface area (Å²) in [5, 5.41) is 11.9. The molecular weight excluding hydrogens is 246 g/mol. The molecule has 0 spiro atoms. The molecule has 2 N–H and O–H groups in total. The summed E-state index contributed by atoms with van der Waals surface area (Å²) in [6, 6.07) is 0.202. The number of likely N-dealkylation sites (N-methyl/N-ethyl adjacent to an activating group) is 1. The number of carboxylic acid groups (broad SMARTS) is 1. The van der Waals surface area contributed by atoms with Crippen LogP contribution in [-0.2, 0) is 4.79 Å². The van der Waals surface area contributed by atoms with Crippen molar-refractivity contribution in [3.8, 4) is 0 Å². The van der Waals surface area contributed by atoms with Gasteiger partial charge in [0.1, 0.15) is 0 Å². The first kappa shape index (κ1) is 14.1. The third-order valence-corrected chi connectivity index (χ3v) is 3.99. The molecule has 19 heavy (non-hydrogen) atoms. The molecule has 2 rings (SSSR count). The molecule has 0 radical (unpaired) electrons. The molecule has 108 valence electrons. The summed E-state index contributed by atoms with van der Waals surface area (Å²) in [6.45, 7) is 3.23. The highest BCUT2D eigenvalue weighted by Crippen LogP contribution is 2.20. The predicted octanol–water partition coefficient (Wildman–Crippen LogP) is 0.587. The van der Waals surface area contributed by atoms with Gasteiger partial charge >= 0.3 is 12.0 Å². The van der Waals surface area contributed by atoms with E-state index in [0.717, 1.165) is 38.9 Å². The SMILES string of the molecule is CN1CCC(NC(=O)N2CCCC(CC(=O)O)C2)C1. The second kappa shape index (κ2) is 6.23. The summed E-state index contributed by atoms with van der Waals surface area (Å²) in [6.07, 6.45) is 2.96. The fraction of sp³-hybridized carbons (Fsp3) is 0.846. The van der Waals surface area contributed by atoms with Crippen LogP contribution in [0, 0.1) is 5.92 Å². The van der Waals surface area contributed by atoms with Gasteiger partial charge in [-0.05, 0) is 38.8 Å². The average Bonchev–Trinajstić information content (AvgIpc) is 2.74. The number of nitrogens with zero attached hydrogens (tertiary/aromatic N) is 2. The summed E-state index contributed by atoms with van der Waals surface area (Å²) in [5.74, 6) is -0.673. The van der Waals surface area contributed by atoms with E-state index >= 15 is 0 Å². The monoisotopic (exact) mass is 269 g/mol. The highest BCUT2D eigenvalue weighted by atomic mass is 16.4. The number of nitrogens with one attached hydrogen (secondary N) is 1. The van der Waals surface area contributed by atoms with E-state index in [0.29, 0.717) is 6.54 Å². The van der Waals surface area contributed by atoms with Gasteiger partial charge in [0, 0.05) is 32.1 Å². The standard InChI is InChI=1S/C13H23N3O3/c1-15-6-4-11(9-15)14-13(19)16-5-2-3-10(8-16)7-12(17)18/h10-11H,2-9H2,1H3,(H,14,19)(H,17,18). The van der Waals surface area contributed by atoms with E-state index in [9.17, 15) is 9.59 Å². The second-order valence-electron chi connectivity index (χ2n) is 5.75. The van der Waals surface area contributed by atoms with Gasteiger partial charge in [-0.25, -0.2) is 4.79 Å². The molecule has 0 saturated carbocycles. The van der Waals surface area contributed by atoms with Gasteiger partial charge in [0.15, 0.2) is 0 Å². The Bertz CT molecular complexity index is 348. The van der Waals surface area contributed by atoms with Gasteiger partial charge in [-0.2, -0.15) is 0 Å². The van der Waals surface area contributed by atoms with Crippen LogP contribution in [0.5, 0.6) is 0 Å². The lowest BCUT2D eigenvalue weighted by atomic mass is 9.95. The van der Waals surface area contributed by atoms with Crippen LogP contribution in [0.2, 0.25) is 0 Å². The predicted molar refractivity (Wildman–Crippen MR) is 71.0 cm³/mol. The van der Waals surface area contributed by atoms with Crippen molar-refractivity contribution in [1.82, 2.24) is 15.1 Å². The Morgan fingerprint density at radius 2 is 2.05 bits per heavy atom. The zero-order chi connectivity index (χ0) is 13.8. The summed E-state index contributed by atoms with van der Waals surface area (Å²) in [4.78, 5) is 26.9. The van der Waals surface area contributed by atoms with E-state index in [2.05, 4.69) is 17.3 Å². The Kier molecular flexibility index (Phi) is 4.63. The summed E-state index contributed by atoms with van der Waals surface area (Å²) in [5.41, 5.74) is 0. The van der Waals surface area contributed by atoms with E-state index in [1.807, 2.05) is 0 Å². The van der Waals surface area contributed by atoms with Crippen LogP contribution < -0.4 is 5.32 Å². The number of carbonyl (C=O) groups excluding carboxylic acids is 1. The van der Waals surface area contributed by atoms with Crippen molar-refractivity contribution in [2.24, 2.45) is 5.92 Å². The first-order chi connectivity index (χ1) is 9.04. The number of carboxylic acids is 1. The van der Waals surface area contributed by atoms with Crippen molar-refractivity contribution >= 4 is 12.0 Å². The Balaban J connectivity index is 1.80. The molecule has 2 aliphatic heterocycles. The molecule has 2 amide bonds. The molecule has 0 aromatic rings. The first-order valence-electron chi connectivity index (χ1n) is 7.00. The molecule has 0 aromatic heterocycles. The maximum absolute atomic E-state index is 12.1. The molecule has 0 aromatic carbocycles. The van der Waals surface area contributed by atoms with Gasteiger partial charge in [0.2, 0.25) is 0 Å². The van der Waals surface area contributed by atoms with E-state index in [-0.39, 0.29) is 24.4 Å². The van der Waals surface area contributed by atoms with Crippen LogP contribution in [0.3, 0.4) is 0 Å². The highest BCUT2D eigenvalue weighted by Gasteiger charge is 2.28. The third kappa shape index (κ3) is 4.09. The number of piperidine rings is 1.